The quantitative estimate of drug-likeness (QED) is 0.578. The van der Waals surface area contributed by atoms with Crippen molar-refractivity contribution < 1.29 is 32.2 Å². The summed E-state index contributed by atoms with van der Waals surface area (Å²) in [6.07, 6.45) is -6.59. The fourth-order valence-electron chi connectivity index (χ4n) is 1.54. The molecule has 2 nitrogen and oxygen atoms in total. The highest BCUT2D eigenvalue weighted by Crippen LogP contribution is 2.42. The SMILES string of the molecule is OCC(O)(C1=CCC(F)(F)CC1)C(F)(F)F. The van der Waals surface area contributed by atoms with E-state index >= 15 is 0 Å². The Labute approximate surface area is 88.4 Å². The maximum atomic E-state index is 12.7. The highest BCUT2D eigenvalue weighted by atomic mass is 19.4. The Balaban J connectivity index is 2.96. The lowest BCUT2D eigenvalue weighted by atomic mass is 9.84. The predicted octanol–water partition coefficient (Wildman–Crippen LogP) is 2.02. The number of allylic oxidation sites excluding steroid dienone is 1. The van der Waals surface area contributed by atoms with Crippen LogP contribution in [0.15, 0.2) is 11.6 Å². The Kier molecular flexibility index (Phi) is 3.31. The van der Waals surface area contributed by atoms with Crippen LogP contribution < -0.4 is 0 Å². The lowest BCUT2D eigenvalue weighted by molar-refractivity contribution is -0.256. The van der Waals surface area contributed by atoms with Gasteiger partial charge in [0.1, 0.15) is 0 Å². The van der Waals surface area contributed by atoms with Gasteiger partial charge in [-0.3, -0.25) is 0 Å². The zero-order chi connectivity index (χ0) is 12.6. The van der Waals surface area contributed by atoms with Crippen LogP contribution >= 0.6 is 0 Å². The lowest BCUT2D eigenvalue weighted by Crippen LogP contribution is -2.51. The number of aliphatic hydroxyl groups is 2. The molecule has 7 heteroatoms. The van der Waals surface area contributed by atoms with Crippen LogP contribution in [0.25, 0.3) is 0 Å². The van der Waals surface area contributed by atoms with Gasteiger partial charge in [-0.2, -0.15) is 13.2 Å². The monoisotopic (exact) mass is 246 g/mol. The van der Waals surface area contributed by atoms with Crippen molar-refractivity contribution in [1.29, 1.82) is 0 Å². The molecule has 1 aliphatic carbocycles. The van der Waals surface area contributed by atoms with Gasteiger partial charge >= 0.3 is 6.18 Å². The summed E-state index contributed by atoms with van der Waals surface area (Å²) in [6.45, 7) is -1.56. The first-order valence-corrected chi connectivity index (χ1v) is 4.60. The van der Waals surface area contributed by atoms with E-state index in [0.29, 0.717) is 6.08 Å². The van der Waals surface area contributed by atoms with E-state index in [9.17, 15) is 27.1 Å². The highest BCUT2D eigenvalue weighted by molar-refractivity contribution is 5.23. The first-order chi connectivity index (χ1) is 7.12. The Morgan fingerprint density at radius 1 is 1.31 bits per heavy atom. The van der Waals surface area contributed by atoms with Crippen LogP contribution in [-0.4, -0.2) is 34.5 Å². The van der Waals surface area contributed by atoms with Crippen LogP contribution in [0.4, 0.5) is 22.0 Å². The minimum Gasteiger partial charge on any atom is -0.393 e. The number of hydrogen-bond acceptors (Lipinski definition) is 2. The van der Waals surface area contributed by atoms with E-state index in [4.69, 9.17) is 5.11 Å². The molecule has 0 saturated carbocycles. The highest BCUT2D eigenvalue weighted by Gasteiger charge is 2.56. The van der Waals surface area contributed by atoms with E-state index in [1.807, 2.05) is 0 Å². The maximum Gasteiger partial charge on any atom is 0.423 e. The second-order valence-electron chi connectivity index (χ2n) is 3.81. The third-order valence-corrected chi connectivity index (χ3v) is 2.64. The zero-order valence-corrected chi connectivity index (χ0v) is 8.19. The van der Waals surface area contributed by atoms with Crippen molar-refractivity contribution in [3.8, 4) is 0 Å². The zero-order valence-electron chi connectivity index (χ0n) is 8.19. The van der Waals surface area contributed by atoms with Crippen molar-refractivity contribution in [3.63, 3.8) is 0 Å². The smallest absolute Gasteiger partial charge is 0.393 e. The Hall–Kier alpha value is -0.690. The number of alkyl halides is 5. The number of rotatable bonds is 2. The molecular weight excluding hydrogens is 235 g/mol. The van der Waals surface area contributed by atoms with Crippen LogP contribution in [-0.2, 0) is 0 Å². The minimum atomic E-state index is -5.07. The van der Waals surface area contributed by atoms with E-state index in [1.54, 1.807) is 0 Å². The molecule has 0 aromatic heterocycles. The van der Waals surface area contributed by atoms with Gasteiger partial charge < -0.3 is 10.2 Å². The molecule has 0 radical (unpaired) electrons. The van der Waals surface area contributed by atoms with Crippen molar-refractivity contribution in [2.75, 3.05) is 6.61 Å². The third-order valence-electron chi connectivity index (χ3n) is 2.64. The lowest BCUT2D eigenvalue weighted by Gasteiger charge is -2.34. The number of halogens is 5. The summed E-state index contributed by atoms with van der Waals surface area (Å²) in [5.74, 6) is -3.04. The largest absolute Gasteiger partial charge is 0.423 e. The van der Waals surface area contributed by atoms with Gasteiger partial charge in [-0.25, -0.2) is 8.78 Å². The normalized spacial score (nSPS) is 24.8. The maximum absolute atomic E-state index is 12.7. The molecule has 0 spiro atoms. The number of aliphatic hydroxyl groups excluding tert-OH is 1. The van der Waals surface area contributed by atoms with E-state index in [0.717, 1.165) is 0 Å². The van der Waals surface area contributed by atoms with Crippen LogP contribution in [0.2, 0.25) is 0 Å². The molecular formula is C9H11F5O2. The molecule has 1 rings (SSSR count). The van der Waals surface area contributed by atoms with Crippen molar-refractivity contribution in [3.05, 3.63) is 11.6 Å². The third kappa shape index (κ3) is 2.35. The minimum absolute atomic E-state index is 0.580. The fourth-order valence-corrected chi connectivity index (χ4v) is 1.54. The van der Waals surface area contributed by atoms with Crippen LogP contribution in [0.1, 0.15) is 19.3 Å². The van der Waals surface area contributed by atoms with Gasteiger partial charge in [0.05, 0.1) is 6.61 Å². The molecule has 2 N–H and O–H groups in total. The van der Waals surface area contributed by atoms with Crippen molar-refractivity contribution in [2.24, 2.45) is 0 Å². The average molecular weight is 246 g/mol. The van der Waals surface area contributed by atoms with Crippen molar-refractivity contribution >= 4 is 0 Å². The molecule has 0 bridgehead atoms. The summed E-state index contributed by atoms with van der Waals surface area (Å²) < 4.78 is 62.7. The first-order valence-electron chi connectivity index (χ1n) is 4.60. The molecule has 0 heterocycles. The van der Waals surface area contributed by atoms with Gasteiger partial charge in [0.15, 0.2) is 0 Å². The molecule has 0 aromatic carbocycles. The molecule has 1 unspecified atom stereocenters. The average Bonchev–Trinajstić information content (AvgIpc) is 2.14. The first kappa shape index (κ1) is 13.4. The van der Waals surface area contributed by atoms with Crippen molar-refractivity contribution in [1.82, 2.24) is 0 Å². The Morgan fingerprint density at radius 2 is 1.88 bits per heavy atom. The van der Waals surface area contributed by atoms with E-state index in [2.05, 4.69) is 0 Å². The molecule has 1 aliphatic rings. The molecule has 1 atom stereocenters. The van der Waals surface area contributed by atoms with Gasteiger partial charge in [-0.05, 0) is 12.0 Å². The van der Waals surface area contributed by atoms with Crippen molar-refractivity contribution in [2.45, 2.75) is 37.0 Å². The predicted molar refractivity (Wildman–Crippen MR) is 45.0 cm³/mol. The van der Waals surface area contributed by atoms with Gasteiger partial charge in [0.25, 0.3) is 5.92 Å². The molecule has 0 saturated heterocycles. The summed E-state index contributed by atoms with van der Waals surface area (Å²) in [6, 6.07) is 0. The topological polar surface area (TPSA) is 40.5 Å². The van der Waals surface area contributed by atoms with Gasteiger partial charge in [-0.1, -0.05) is 6.08 Å². The standard InChI is InChI=1S/C9H11F5O2/c10-7(11)3-1-6(2-4-7)8(16,5-15)9(12,13)14/h1,15-16H,2-5H2. The van der Waals surface area contributed by atoms with Gasteiger partial charge in [-0.15, -0.1) is 0 Å². The molecule has 0 fully saturated rings. The van der Waals surface area contributed by atoms with Gasteiger partial charge in [0, 0.05) is 12.8 Å². The van der Waals surface area contributed by atoms with E-state index < -0.39 is 49.1 Å². The fraction of sp³-hybridized carbons (Fsp3) is 0.778. The van der Waals surface area contributed by atoms with Crippen LogP contribution in [0, 0.1) is 0 Å². The van der Waals surface area contributed by atoms with E-state index in [-0.39, 0.29) is 0 Å². The van der Waals surface area contributed by atoms with E-state index in [1.165, 1.54) is 0 Å². The summed E-state index contributed by atoms with van der Waals surface area (Å²) >= 11 is 0. The second-order valence-corrected chi connectivity index (χ2v) is 3.81. The Bertz CT molecular complexity index is 297. The summed E-state index contributed by atoms with van der Waals surface area (Å²) in [5.41, 5.74) is -3.99. The van der Waals surface area contributed by atoms with Crippen LogP contribution in [0.3, 0.4) is 0 Å². The van der Waals surface area contributed by atoms with Crippen LogP contribution in [0.5, 0.6) is 0 Å². The molecule has 0 aromatic rings. The number of hydrogen-bond donors (Lipinski definition) is 2. The molecule has 94 valence electrons. The molecule has 0 aliphatic heterocycles. The van der Waals surface area contributed by atoms with Gasteiger partial charge in [0.2, 0.25) is 5.60 Å². The Morgan fingerprint density at radius 3 is 2.19 bits per heavy atom. The molecule has 0 amide bonds. The molecule has 16 heavy (non-hydrogen) atoms. The summed E-state index contributed by atoms with van der Waals surface area (Å²) in [5, 5.41) is 17.9. The summed E-state index contributed by atoms with van der Waals surface area (Å²) in [4.78, 5) is 0. The second kappa shape index (κ2) is 3.96. The summed E-state index contributed by atoms with van der Waals surface area (Å²) in [7, 11) is 0.